The zero-order valence-electron chi connectivity index (χ0n) is 12.4. The lowest BCUT2D eigenvalue weighted by atomic mass is 10.1. The molecule has 0 aromatic heterocycles. The van der Waals surface area contributed by atoms with Crippen LogP contribution < -0.4 is 15.4 Å². The summed E-state index contributed by atoms with van der Waals surface area (Å²) >= 11 is 0. The van der Waals surface area contributed by atoms with Crippen LogP contribution in [0.2, 0.25) is 0 Å². The smallest absolute Gasteiger partial charge is 0.317 e. The summed E-state index contributed by atoms with van der Waals surface area (Å²) in [7, 11) is 3.02. The fourth-order valence-corrected chi connectivity index (χ4v) is 1.64. The van der Waals surface area contributed by atoms with E-state index in [1.807, 2.05) is 32.0 Å². The third kappa shape index (κ3) is 5.46. The Morgan fingerprint density at radius 2 is 1.90 bits per heavy atom. The van der Waals surface area contributed by atoms with E-state index in [2.05, 4.69) is 10.6 Å². The van der Waals surface area contributed by atoms with Crippen molar-refractivity contribution in [1.82, 2.24) is 10.6 Å². The van der Waals surface area contributed by atoms with Crippen molar-refractivity contribution in [3.05, 3.63) is 29.3 Å². The number of hydrogen-bond acceptors (Lipinski definition) is 4. The molecule has 0 saturated heterocycles. The average molecular weight is 282 g/mol. The van der Waals surface area contributed by atoms with E-state index in [4.69, 9.17) is 14.2 Å². The summed E-state index contributed by atoms with van der Waals surface area (Å²) in [5.41, 5.74) is 2.21. The molecule has 112 valence electrons. The minimum absolute atomic E-state index is 0.0976. The Kier molecular flexibility index (Phi) is 6.83. The van der Waals surface area contributed by atoms with Crippen molar-refractivity contribution in [3.63, 3.8) is 0 Å². The molecule has 0 bridgehead atoms. The maximum atomic E-state index is 11.5. The van der Waals surface area contributed by atoms with E-state index in [-0.39, 0.29) is 19.3 Å². The van der Waals surface area contributed by atoms with Crippen LogP contribution >= 0.6 is 0 Å². The lowest BCUT2D eigenvalue weighted by molar-refractivity contribution is -0.0972. The van der Waals surface area contributed by atoms with Gasteiger partial charge in [0.25, 0.3) is 0 Å². The molecule has 0 radical (unpaired) electrons. The van der Waals surface area contributed by atoms with Crippen LogP contribution in [0, 0.1) is 13.8 Å². The topological polar surface area (TPSA) is 68.8 Å². The van der Waals surface area contributed by atoms with Crippen LogP contribution in [-0.4, -0.2) is 39.8 Å². The molecular formula is C14H22N2O4. The second-order valence-corrected chi connectivity index (χ2v) is 4.35. The van der Waals surface area contributed by atoms with E-state index in [1.165, 1.54) is 19.8 Å². The molecule has 0 aliphatic rings. The van der Waals surface area contributed by atoms with Crippen molar-refractivity contribution in [3.8, 4) is 5.75 Å². The SMILES string of the molecule is COC(CNC(=O)NCOc1ccc(C)cc1C)OC. The van der Waals surface area contributed by atoms with E-state index >= 15 is 0 Å². The maximum absolute atomic E-state index is 11.5. The molecule has 0 saturated carbocycles. The Hall–Kier alpha value is -1.79. The zero-order valence-corrected chi connectivity index (χ0v) is 12.4. The van der Waals surface area contributed by atoms with Crippen LogP contribution in [0.25, 0.3) is 0 Å². The first-order chi connectivity index (χ1) is 9.56. The molecule has 6 heteroatoms. The number of benzene rings is 1. The highest BCUT2D eigenvalue weighted by Crippen LogP contribution is 2.18. The first-order valence-corrected chi connectivity index (χ1v) is 6.34. The average Bonchev–Trinajstić information content (AvgIpc) is 2.42. The van der Waals surface area contributed by atoms with Crippen LogP contribution in [0.1, 0.15) is 11.1 Å². The highest BCUT2D eigenvalue weighted by atomic mass is 16.7. The van der Waals surface area contributed by atoms with Crippen molar-refractivity contribution >= 4 is 6.03 Å². The van der Waals surface area contributed by atoms with Gasteiger partial charge in [0.15, 0.2) is 13.0 Å². The molecule has 0 unspecified atom stereocenters. The Morgan fingerprint density at radius 1 is 1.20 bits per heavy atom. The Morgan fingerprint density at radius 3 is 2.50 bits per heavy atom. The molecule has 2 N–H and O–H groups in total. The van der Waals surface area contributed by atoms with E-state index in [1.54, 1.807) is 0 Å². The van der Waals surface area contributed by atoms with E-state index in [0.29, 0.717) is 0 Å². The predicted molar refractivity (Wildman–Crippen MR) is 75.8 cm³/mol. The van der Waals surface area contributed by atoms with Crippen LogP contribution in [0.4, 0.5) is 4.79 Å². The number of carbonyl (C=O) groups excluding carboxylic acids is 1. The van der Waals surface area contributed by atoms with Gasteiger partial charge in [-0.05, 0) is 25.5 Å². The summed E-state index contributed by atoms with van der Waals surface area (Å²) < 4.78 is 15.4. The predicted octanol–water partition coefficient (Wildman–Crippen LogP) is 1.56. The molecule has 0 spiro atoms. The van der Waals surface area contributed by atoms with Gasteiger partial charge in [0.05, 0.1) is 6.54 Å². The van der Waals surface area contributed by atoms with Crippen LogP contribution in [0.5, 0.6) is 5.75 Å². The van der Waals surface area contributed by atoms with Crippen molar-refractivity contribution in [2.75, 3.05) is 27.5 Å². The van der Waals surface area contributed by atoms with Crippen molar-refractivity contribution in [2.24, 2.45) is 0 Å². The normalized spacial score (nSPS) is 10.4. The first-order valence-electron chi connectivity index (χ1n) is 6.34. The summed E-state index contributed by atoms with van der Waals surface area (Å²) in [6, 6.07) is 5.53. The molecular weight excluding hydrogens is 260 g/mol. The van der Waals surface area contributed by atoms with Gasteiger partial charge in [0, 0.05) is 14.2 Å². The minimum Gasteiger partial charge on any atom is -0.473 e. The Bertz CT molecular complexity index is 433. The summed E-state index contributed by atoms with van der Waals surface area (Å²) in [4.78, 5) is 11.5. The molecule has 2 amide bonds. The molecule has 0 fully saturated rings. The lowest BCUT2D eigenvalue weighted by Crippen LogP contribution is -2.42. The van der Waals surface area contributed by atoms with Gasteiger partial charge in [-0.15, -0.1) is 0 Å². The number of hydrogen-bond donors (Lipinski definition) is 2. The molecule has 1 rings (SSSR count). The number of urea groups is 1. The number of rotatable bonds is 7. The standard InChI is InChI=1S/C14H22N2O4/c1-10-5-6-12(11(2)7-10)20-9-16-14(17)15-8-13(18-3)19-4/h5-7,13H,8-9H2,1-4H3,(H2,15,16,17). The second-order valence-electron chi connectivity index (χ2n) is 4.35. The highest BCUT2D eigenvalue weighted by molar-refractivity contribution is 5.73. The van der Waals surface area contributed by atoms with Crippen molar-refractivity contribution < 1.29 is 19.0 Å². The molecule has 0 heterocycles. The van der Waals surface area contributed by atoms with E-state index in [0.717, 1.165) is 11.3 Å². The van der Waals surface area contributed by atoms with Crippen molar-refractivity contribution in [2.45, 2.75) is 20.1 Å². The minimum atomic E-state index is -0.457. The van der Waals surface area contributed by atoms with E-state index < -0.39 is 6.29 Å². The molecule has 0 atom stereocenters. The highest BCUT2D eigenvalue weighted by Gasteiger charge is 2.07. The Labute approximate surface area is 119 Å². The van der Waals surface area contributed by atoms with Gasteiger partial charge in [0.1, 0.15) is 5.75 Å². The fraction of sp³-hybridized carbons (Fsp3) is 0.500. The summed E-state index contributed by atoms with van der Waals surface area (Å²) in [5.74, 6) is 0.752. The number of nitrogens with one attached hydrogen (secondary N) is 2. The maximum Gasteiger partial charge on any atom is 0.317 e. The monoisotopic (exact) mass is 282 g/mol. The van der Waals surface area contributed by atoms with Gasteiger partial charge < -0.3 is 24.8 Å². The molecule has 0 aliphatic carbocycles. The second kappa shape index (κ2) is 8.39. The quantitative estimate of drug-likeness (QED) is 0.745. The zero-order chi connectivity index (χ0) is 15.0. The third-order valence-corrected chi connectivity index (χ3v) is 2.75. The van der Waals surface area contributed by atoms with Gasteiger partial charge in [-0.1, -0.05) is 17.7 Å². The van der Waals surface area contributed by atoms with Gasteiger partial charge in [-0.3, -0.25) is 0 Å². The molecule has 6 nitrogen and oxygen atoms in total. The van der Waals surface area contributed by atoms with E-state index in [9.17, 15) is 4.79 Å². The van der Waals surface area contributed by atoms with Crippen LogP contribution in [-0.2, 0) is 9.47 Å². The fourth-order valence-electron chi connectivity index (χ4n) is 1.64. The molecule has 1 aromatic carbocycles. The number of aryl methyl sites for hydroxylation is 2. The van der Waals surface area contributed by atoms with Crippen LogP contribution in [0.3, 0.4) is 0 Å². The number of ether oxygens (including phenoxy) is 3. The first kappa shape index (κ1) is 16.3. The summed E-state index contributed by atoms with van der Waals surface area (Å²) in [6.07, 6.45) is -0.457. The molecule has 20 heavy (non-hydrogen) atoms. The van der Waals surface area contributed by atoms with Crippen molar-refractivity contribution in [1.29, 1.82) is 0 Å². The van der Waals surface area contributed by atoms with Gasteiger partial charge >= 0.3 is 6.03 Å². The summed E-state index contributed by atoms with van der Waals surface area (Å²) in [5, 5.41) is 5.21. The Balaban J connectivity index is 2.28. The molecule has 0 aliphatic heterocycles. The molecule has 1 aromatic rings. The lowest BCUT2D eigenvalue weighted by Gasteiger charge is -2.15. The van der Waals surface area contributed by atoms with Crippen LogP contribution in [0.15, 0.2) is 18.2 Å². The number of amides is 2. The third-order valence-electron chi connectivity index (χ3n) is 2.75. The van der Waals surface area contributed by atoms with Gasteiger partial charge in [-0.2, -0.15) is 0 Å². The largest absolute Gasteiger partial charge is 0.473 e. The summed E-state index contributed by atoms with van der Waals surface area (Å²) in [6.45, 7) is 4.34. The van der Waals surface area contributed by atoms with Gasteiger partial charge in [-0.25, -0.2) is 4.79 Å². The number of carbonyl (C=O) groups is 1. The van der Waals surface area contributed by atoms with Gasteiger partial charge in [0.2, 0.25) is 0 Å². The number of methoxy groups -OCH3 is 2.